The Morgan fingerprint density at radius 2 is 1.88 bits per heavy atom. The summed E-state index contributed by atoms with van der Waals surface area (Å²) in [5.41, 5.74) is 5.78. The molecule has 1 fully saturated rings. The van der Waals surface area contributed by atoms with Gasteiger partial charge in [-0.3, -0.25) is 9.89 Å². The smallest absolute Gasteiger partial charge is 0.254 e. The van der Waals surface area contributed by atoms with Gasteiger partial charge in [0.2, 0.25) is 0 Å². The number of hydrogen-bond acceptors (Lipinski definition) is 2. The Morgan fingerprint density at radius 1 is 1.16 bits per heavy atom. The number of benzene rings is 1. The van der Waals surface area contributed by atoms with Gasteiger partial charge in [0, 0.05) is 23.3 Å². The van der Waals surface area contributed by atoms with Crippen LogP contribution in [0.1, 0.15) is 71.9 Å². The molecule has 4 rings (SSSR count). The predicted molar refractivity (Wildman–Crippen MR) is 98.9 cm³/mol. The number of rotatable bonds is 4. The van der Waals surface area contributed by atoms with Gasteiger partial charge in [-0.1, -0.05) is 26.0 Å². The summed E-state index contributed by atoms with van der Waals surface area (Å²) in [5, 5.41) is 7.52. The van der Waals surface area contributed by atoms with Crippen LogP contribution in [0.5, 0.6) is 0 Å². The number of aromatic nitrogens is 2. The van der Waals surface area contributed by atoms with Crippen LogP contribution in [0.25, 0.3) is 0 Å². The molecule has 1 aromatic carbocycles. The van der Waals surface area contributed by atoms with E-state index in [1.807, 2.05) is 12.1 Å². The molecule has 1 heterocycles. The van der Waals surface area contributed by atoms with Crippen LogP contribution >= 0.6 is 0 Å². The highest BCUT2D eigenvalue weighted by molar-refractivity contribution is 5.95. The van der Waals surface area contributed by atoms with Gasteiger partial charge in [-0.15, -0.1) is 0 Å². The average molecular weight is 337 g/mol. The van der Waals surface area contributed by atoms with Gasteiger partial charge in [-0.2, -0.15) is 5.10 Å². The number of carbonyl (C=O) groups excluding carboxylic acids is 1. The first-order chi connectivity index (χ1) is 12.0. The molecule has 1 atom stereocenters. The highest BCUT2D eigenvalue weighted by Crippen LogP contribution is 2.35. The Hall–Kier alpha value is -2.10. The molecule has 2 aliphatic carbocycles. The summed E-state index contributed by atoms with van der Waals surface area (Å²) < 4.78 is 0. The molecule has 4 nitrogen and oxygen atoms in total. The third-order valence-electron chi connectivity index (χ3n) is 5.71. The molecule has 1 saturated carbocycles. The fraction of sp³-hybridized carbons (Fsp3) is 0.524. The van der Waals surface area contributed by atoms with Crippen molar-refractivity contribution in [3.05, 3.63) is 52.3 Å². The molecular formula is C21H27N3O. The van der Waals surface area contributed by atoms with Crippen molar-refractivity contribution in [2.75, 3.05) is 0 Å². The quantitative estimate of drug-likeness (QED) is 0.916. The number of amides is 1. The SMILES string of the molecule is Cc1[nH]nc2c1CC(N(C(=O)c1ccc(C(C)C)cc1)C1CC1)CC2. The maximum absolute atomic E-state index is 13.2. The van der Waals surface area contributed by atoms with Crippen LogP contribution in [0.4, 0.5) is 0 Å². The molecule has 1 amide bonds. The lowest BCUT2D eigenvalue weighted by Crippen LogP contribution is -2.45. The molecule has 0 aliphatic heterocycles. The third-order valence-corrected chi connectivity index (χ3v) is 5.71. The van der Waals surface area contributed by atoms with Crippen molar-refractivity contribution in [2.45, 2.75) is 70.9 Å². The van der Waals surface area contributed by atoms with E-state index in [1.165, 1.54) is 16.8 Å². The number of aryl methyl sites for hydroxylation is 2. The summed E-state index contributed by atoms with van der Waals surface area (Å²) in [7, 11) is 0. The lowest BCUT2D eigenvalue weighted by Gasteiger charge is -2.34. The molecule has 4 heteroatoms. The summed E-state index contributed by atoms with van der Waals surface area (Å²) in [6, 6.07) is 8.93. The fourth-order valence-electron chi connectivity index (χ4n) is 4.00. The Morgan fingerprint density at radius 3 is 2.52 bits per heavy atom. The second-order valence-corrected chi connectivity index (χ2v) is 7.89. The molecule has 0 bridgehead atoms. The number of nitrogens with zero attached hydrogens (tertiary/aromatic N) is 2. The Bertz CT molecular complexity index is 771. The van der Waals surface area contributed by atoms with Crippen molar-refractivity contribution >= 4 is 5.91 Å². The summed E-state index contributed by atoms with van der Waals surface area (Å²) in [6.45, 7) is 6.45. The van der Waals surface area contributed by atoms with Crippen molar-refractivity contribution in [1.82, 2.24) is 15.1 Å². The zero-order chi connectivity index (χ0) is 17.6. The van der Waals surface area contributed by atoms with Crippen LogP contribution in [-0.2, 0) is 12.8 Å². The van der Waals surface area contributed by atoms with Crippen molar-refractivity contribution < 1.29 is 4.79 Å². The second-order valence-electron chi connectivity index (χ2n) is 7.89. The molecule has 0 spiro atoms. The van der Waals surface area contributed by atoms with Gasteiger partial charge in [-0.25, -0.2) is 0 Å². The van der Waals surface area contributed by atoms with Crippen LogP contribution in [0.2, 0.25) is 0 Å². The molecule has 2 aliphatic rings. The van der Waals surface area contributed by atoms with E-state index >= 15 is 0 Å². The standard InChI is InChI=1S/C21H27N3O/c1-13(2)15-4-6-16(7-5-15)21(25)24(17-8-9-17)18-10-11-20-19(12-18)14(3)22-23-20/h4-7,13,17-18H,8-12H2,1-3H3,(H,22,23). The van der Waals surface area contributed by atoms with E-state index in [0.29, 0.717) is 18.0 Å². The van der Waals surface area contributed by atoms with Gasteiger partial charge in [0.1, 0.15) is 0 Å². The van der Waals surface area contributed by atoms with E-state index in [4.69, 9.17) is 0 Å². The van der Waals surface area contributed by atoms with Crippen molar-refractivity contribution in [2.24, 2.45) is 0 Å². The Balaban J connectivity index is 1.57. The van der Waals surface area contributed by atoms with E-state index in [0.717, 1.165) is 43.4 Å². The molecule has 132 valence electrons. The minimum absolute atomic E-state index is 0.201. The number of carbonyl (C=O) groups is 1. The highest BCUT2D eigenvalue weighted by atomic mass is 16.2. The normalized spacial score (nSPS) is 19.8. The molecule has 1 unspecified atom stereocenters. The minimum Gasteiger partial charge on any atom is -0.332 e. The van der Waals surface area contributed by atoms with Crippen molar-refractivity contribution in [3.63, 3.8) is 0 Å². The number of hydrogen-bond donors (Lipinski definition) is 1. The number of fused-ring (bicyclic) bond motifs is 1. The number of aromatic amines is 1. The van der Waals surface area contributed by atoms with Crippen LogP contribution in [0.15, 0.2) is 24.3 Å². The monoisotopic (exact) mass is 337 g/mol. The lowest BCUT2D eigenvalue weighted by atomic mass is 9.90. The van der Waals surface area contributed by atoms with Gasteiger partial charge in [0.05, 0.1) is 5.69 Å². The Kier molecular flexibility index (Phi) is 4.14. The van der Waals surface area contributed by atoms with Gasteiger partial charge in [0.15, 0.2) is 0 Å². The zero-order valence-electron chi connectivity index (χ0n) is 15.4. The lowest BCUT2D eigenvalue weighted by molar-refractivity contribution is 0.0642. The van der Waals surface area contributed by atoms with E-state index in [2.05, 4.69) is 48.0 Å². The minimum atomic E-state index is 0.201. The summed E-state index contributed by atoms with van der Waals surface area (Å²) in [4.78, 5) is 15.4. The average Bonchev–Trinajstić information content (AvgIpc) is 3.38. The molecule has 0 radical (unpaired) electrons. The van der Waals surface area contributed by atoms with E-state index in [9.17, 15) is 4.79 Å². The van der Waals surface area contributed by atoms with Crippen LogP contribution < -0.4 is 0 Å². The van der Waals surface area contributed by atoms with Crippen molar-refractivity contribution in [1.29, 1.82) is 0 Å². The number of nitrogens with one attached hydrogen (secondary N) is 1. The molecular weight excluding hydrogens is 310 g/mol. The maximum atomic E-state index is 13.2. The first-order valence-electron chi connectivity index (χ1n) is 9.50. The van der Waals surface area contributed by atoms with E-state index in [1.54, 1.807) is 0 Å². The van der Waals surface area contributed by atoms with Gasteiger partial charge in [0.25, 0.3) is 5.91 Å². The second kappa shape index (κ2) is 6.32. The molecule has 0 saturated heterocycles. The van der Waals surface area contributed by atoms with E-state index < -0.39 is 0 Å². The molecule has 2 aromatic rings. The van der Waals surface area contributed by atoms with Gasteiger partial charge >= 0.3 is 0 Å². The predicted octanol–water partition coefficient (Wildman–Crippen LogP) is 4.00. The van der Waals surface area contributed by atoms with E-state index in [-0.39, 0.29) is 5.91 Å². The molecule has 1 N–H and O–H groups in total. The first-order valence-corrected chi connectivity index (χ1v) is 9.50. The highest BCUT2D eigenvalue weighted by Gasteiger charge is 2.39. The Labute approximate surface area is 149 Å². The van der Waals surface area contributed by atoms with Gasteiger partial charge < -0.3 is 4.90 Å². The van der Waals surface area contributed by atoms with Gasteiger partial charge in [-0.05, 0) is 68.2 Å². The first kappa shape index (κ1) is 16.4. The summed E-state index contributed by atoms with van der Waals surface area (Å²) >= 11 is 0. The fourth-order valence-corrected chi connectivity index (χ4v) is 4.00. The molecule has 25 heavy (non-hydrogen) atoms. The van der Waals surface area contributed by atoms with Crippen molar-refractivity contribution in [3.8, 4) is 0 Å². The summed E-state index contributed by atoms with van der Waals surface area (Å²) in [5.74, 6) is 0.692. The zero-order valence-corrected chi connectivity index (χ0v) is 15.4. The topological polar surface area (TPSA) is 49.0 Å². The van der Waals surface area contributed by atoms with Crippen LogP contribution in [0.3, 0.4) is 0 Å². The molecule has 1 aromatic heterocycles. The summed E-state index contributed by atoms with van der Waals surface area (Å²) in [6.07, 6.45) is 5.20. The third kappa shape index (κ3) is 3.10. The number of H-pyrrole nitrogens is 1. The largest absolute Gasteiger partial charge is 0.332 e. The maximum Gasteiger partial charge on any atom is 0.254 e. The van der Waals surface area contributed by atoms with Crippen LogP contribution in [-0.4, -0.2) is 33.1 Å². The van der Waals surface area contributed by atoms with Crippen LogP contribution in [0, 0.1) is 6.92 Å².